The molecule has 0 saturated carbocycles. The van der Waals surface area contributed by atoms with Gasteiger partial charge in [-0.1, -0.05) is 6.07 Å². The highest BCUT2D eigenvalue weighted by Gasteiger charge is 2.21. The Morgan fingerprint density at radius 3 is 2.57 bits per heavy atom. The highest BCUT2D eigenvalue weighted by atomic mass is 32.2. The maximum Gasteiger partial charge on any atom is 0.266 e. The molecular weight excluding hydrogens is 290 g/mol. The monoisotopic (exact) mass is 307 g/mol. The van der Waals surface area contributed by atoms with Crippen LogP contribution in [0.4, 0.5) is 11.5 Å². The van der Waals surface area contributed by atoms with Crippen LogP contribution in [0.5, 0.6) is 5.75 Å². The van der Waals surface area contributed by atoms with E-state index in [1.807, 2.05) is 0 Å². The van der Waals surface area contributed by atoms with Crippen molar-refractivity contribution in [2.24, 2.45) is 0 Å². The number of hydrogen-bond acceptors (Lipinski definition) is 5. The summed E-state index contributed by atoms with van der Waals surface area (Å²) in [4.78, 5) is 4.10. The molecule has 1 aromatic heterocycles. The van der Waals surface area contributed by atoms with Gasteiger partial charge in [0.25, 0.3) is 10.0 Å². The lowest BCUT2D eigenvalue weighted by atomic mass is 10.2. The second-order valence-electron chi connectivity index (χ2n) is 4.63. The average Bonchev–Trinajstić information content (AvgIpc) is 2.40. The number of nitrogen functional groups attached to an aromatic ring is 1. The highest BCUT2D eigenvalue weighted by molar-refractivity contribution is 7.92. The van der Waals surface area contributed by atoms with Crippen molar-refractivity contribution >= 4 is 21.5 Å². The van der Waals surface area contributed by atoms with E-state index in [1.54, 1.807) is 38.1 Å². The number of anilines is 2. The fraction of sp³-hybridized carbons (Fsp3) is 0.214. The van der Waals surface area contributed by atoms with Crippen molar-refractivity contribution in [2.75, 3.05) is 17.6 Å². The molecule has 0 aliphatic heterocycles. The first-order chi connectivity index (χ1) is 9.83. The molecule has 0 aliphatic rings. The Labute approximate surface area is 124 Å². The summed E-state index contributed by atoms with van der Waals surface area (Å²) >= 11 is 0. The van der Waals surface area contributed by atoms with Gasteiger partial charge < -0.3 is 10.5 Å². The van der Waals surface area contributed by atoms with Crippen LogP contribution < -0.4 is 15.2 Å². The third-order valence-corrected chi connectivity index (χ3v) is 4.35. The molecule has 3 N–H and O–H groups in total. The summed E-state index contributed by atoms with van der Waals surface area (Å²) in [7, 11) is -2.42. The normalized spacial score (nSPS) is 11.2. The van der Waals surface area contributed by atoms with Crippen LogP contribution in [-0.2, 0) is 10.0 Å². The summed E-state index contributed by atoms with van der Waals surface area (Å²) in [6, 6.07) is 8.05. The highest BCUT2D eigenvalue weighted by Crippen LogP contribution is 2.30. The minimum atomic E-state index is -3.83. The Morgan fingerprint density at radius 1 is 1.24 bits per heavy atom. The fourth-order valence-corrected chi connectivity index (χ4v) is 3.03. The number of nitrogens with one attached hydrogen (secondary N) is 1. The standard InChI is InChI=1S/C14H17N3O3S/c1-9-7-12(20-3)13(8-11(9)15)21(18,19)17-14-6-4-5-10(2)16-14/h4-8H,15H2,1-3H3,(H,16,17). The van der Waals surface area contributed by atoms with E-state index in [9.17, 15) is 8.42 Å². The molecule has 0 atom stereocenters. The molecular formula is C14H17N3O3S. The van der Waals surface area contributed by atoms with Crippen LogP contribution in [0.1, 0.15) is 11.3 Å². The number of nitrogens with zero attached hydrogens (tertiary/aromatic N) is 1. The van der Waals surface area contributed by atoms with E-state index in [-0.39, 0.29) is 16.5 Å². The minimum Gasteiger partial charge on any atom is -0.495 e. The smallest absolute Gasteiger partial charge is 0.266 e. The van der Waals surface area contributed by atoms with Crippen LogP contribution in [0.25, 0.3) is 0 Å². The van der Waals surface area contributed by atoms with Crippen LogP contribution in [0.15, 0.2) is 35.2 Å². The minimum absolute atomic E-state index is 0.0172. The molecule has 0 radical (unpaired) electrons. The molecule has 0 saturated heterocycles. The number of benzene rings is 1. The van der Waals surface area contributed by atoms with Gasteiger partial charge in [-0.25, -0.2) is 13.4 Å². The Balaban J connectivity index is 2.47. The quantitative estimate of drug-likeness (QED) is 0.843. The lowest BCUT2D eigenvalue weighted by Crippen LogP contribution is -2.15. The van der Waals surface area contributed by atoms with Crippen molar-refractivity contribution < 1.29 is 13.2 Å². The first kappa shape index (κ1) is 15.1. The summed E-state index contributed by atoms with van der Waals surface area (Å²) in [5.41, 5.74) is 7.64. The number of rotatable bonds is 4. The number of hydrogen-bond donors (Lipinski definition) is 2. The summed E-state index contributed by atoms with van der Waals surface area (Å²) in [6.07, 6.45) is 0. The molecule has 0 spiro atoms. The third-order valence-electron chi connectivity index (χ3n) is 2.97. The number of pyridine rings is 1. The molecule has 0 unspecified atom stereocenters. The molecule has 6 nitrogen and oxygen atoms in total. The molecule has 2 rings (SSSR count). The van der Waals surface area contributed by atoms with Gasteiger partial charge in [-0.05, 0) is 43.7 Å². The van der Waals surface area contributed by atoms with Gasteiger partial charge in [0.15, 0.2) is 0 Å². The molecule has 7 heteroatoms. The van der Waals surface area contributed by atoms with Crippen molar-refractivity contribution in [2.45, 2.75) is 18.7 Å². The van der Waals surface area contributed by atoms with Crippen molar-refractivity contribution in [3.8, 4) is 5.75 Å². The van der Waals surface area contributed by atoms with Gasteiger partial charge in [-0.15, -0.1) is 0 Å². The van der Waals surface area contributed by atoms with Gasteiger partial charge in [0.1, 0.15) is 16.5 Å². The molecule has 0 bridgehead atoms. The van der Waals surface area contributed by atoms with Gasteiger partial charge in [0.2, 0.25) is 0 Å². The van der Waals surface area contributed by atoms with E-state index >= 15 is 0 Å². The topological polar surface area (TPSA) is 94.3 Å². The van der Waals surface area contributed by atoms with Crippen molar-refractivity contribution in [3.63, 3.8) is 0 Å². The molecule has 21 heavy (non-hydrogen) atoms. The van der Waals surface area contributed by atoms with Crippen molar-refractivity contribution in [3.05, 3.63) is 41.6 Å². The fourth-order valence-electron chi connectivity index (χ4n) is 1.84. The molecule has 2 aromatic rings. The van der Waals surface area contributed by atoms with E-state index in [0.29, 0.717) is 11.4 Å². The summed E-state index contributed by atoms with van der Waals surface area (Å²) in [5, 5.41) is 0. The maximum absolute atomic E-state index is 12.5. The summed E-state index contributed by atoms with van der Waals surface area (Å²) in [5.74, 6) is 0.484. The third kappa shape index (κ3) is 3.25. The van der Waals surface area contributed by atoms with Crippen molar-refractivity contribution in [1.82, 2.24) is 4.98 Å². The van der Waals surface area contributed by atoms with Crippen LogP contribution in [0, 0.1) is 13.8 Å². The zero-order valence-electron chi connectivity index (χ0n) is 12.0. The van der Waals surface area contributed by atoms with Gasteiger partial charge in [0.05, 0.1) is 7.11 Å². The number of ether oxygens (including phenoxy) is 1. The SMILES string of the molecule is COc1cc(C)c(N)cc1S(=O)(=O)Nc1cccc(C)n1. The van der Waals surface area contributed by atoms with E-state index in [1.165, 1.54) is 13.2 Å². The lowest BCUT2D eigenvalue weighted by Gasteiger charge is -2.13. The predicted molar refractivity (Wildman–Crippen MR) is 81.9 cm³/mol. The number of nitrogens with two attached hydrogens (primary N) is 1. The first-order valence-electron chi connectivity index (χ1n) is 6.24. The number of aryl methyl sites for hydroxylation is 2. The second kappa shape index (κ2) is 5.61. The van der Waals surface area contributed by atoms with Crippen LogP contribution in [0.2, 0.25) is 0 Å². The van der Waals surface area contributed by atoms with Gasteiger partial charge in [0, 0.05) is 11.4 Å². The first-order valence-corrected chi connectivity index (χ1v) is 7.72. The Bertz CT molecular complexity index is 773. The zero-order valence-corrected chi connectivity index (χ0v) is 12.9. The molecule has 1 aromatic carbocycles. The Kier molecular flexibility index (Phi) is 4.04. The van der Waals surface area contributed by atoms with Gasteiger partial charge in [-0.3, -0.25) is 4.72 Å². The van der Waals surface area contributed by atoms with Crippen LogP contribution >= 0.6 is 0 Å². The van der Waals surface area contributed by atoms with Gasteiger partial charge >= 0.3 is 0 Å². The molecule has 0 amide bonds. The zero-order chi connectivity index (χ0) is 15.6. The van der Waals surface area contributed by atoms with E-state index < -0.39 is 10.0 Å². The predicted octanol–water partition coefficient (Wildman–Crippen LogP) is 2.09. The maximum atomic E-state index is 12.5. The number of methoxy groups -OCH3 is 1. The van der Waals surface area contributed by atoms with Crippen LogP contribution in [0.3, 0.4) is 0 Å². The van der Waals surface area contributed by atoms with E-state index in [0.717, 1.165) is 5.56 Å². The van der Waals surface area contributed by atoms with Crippen molar-refractivity contribution in [1.29, 1.82) is 0 Å². The molecule has 0 fully saturated rings. The Morgan fingerprint density at radius 2 is 1.95 bits per heavy atom. The Hall–Kier alpha value is -2.28. The number of aromatic nitrogens is 1. The van der Waals surface area contributed by atoms with E-state index in [4.69, 9.17) is 10.5 Å². The molecule has 0 aliphatic carbocycles. The van der Waals surface area contributed by atoms with E-state index in [2.05, 4.69) is 9.71 Å². The molecule has 1 heterocycles. The van der Waals surface area contributed by atoms with Gasteiger partial charge in [-0.2, -0.15) is 0 Å². The summed E-state index contributed by atoms with van der Waals surface area (Å²) in [6.45, 7) is 3.56. The average molecular weight is 307 g/mol. The summed E-state index contributed by atoms with van der Waals surface area (Å²) < 4.78 is 32.5. The largest absolute Gasteiger partial charge is 0.495 e. The lowest BCUT2D eigenvalue weighted by molar-refractivity contribution is 0.402. The molecule has 112 valence electrons. The second-order valence-corrected chi connectivity index (χ2v) is 6.28. The van der Waals surface area contributed by atoms with Crippen LogP contribution in [-0.4, -0.2) is 20.5 Å². The number of sulfonamides is 1.